The number of carbonyl (C=O) groups excluding carboxylic acids is 1. The lowest BCUT2D eigenvalue weighted by molar-refractivity contribution is 0.0504. The normalized spacial score (nSPS) is 21.2. The van der Waals surface area contributed by atoms with Crippen molar-refractivity contribution in [3.8, 4) is 17.0 Å². The van der Waals surface area contributed by atoms with Crippen LogP contribution in [0.1, 0.15) is 46.5 Å². The Labute approximate surface area is 164 Å². The van der Waals surface area contributed by atoms with Gasteiger partial charge in [0.2, 0.25) is 0 Å². The first kappa shape index (κ1) is 18.5. The average Bonchev–Trinajstić information content (AvgIpc) is 2.72. The van der Waals surface area contributed by atoms with Gasteiger partial charge in [-0.2, -0.15) is 0 Å². The van der Waals surface area contributed by atoms with E-state index in [0.717, 1.165) is 13.1 Å². The second-order valence-corrected chi connectivity index (χ2v) is 7.74. The minimum absolute atomic E-state index is 0.0341. The van der Waals surface area contributed by atoms with E-state index in [1.165, 1.54) is 38.9 Å². The Morgan fingerprint density at radius 3 is 2.57 bits per heavy atom. The number of hydrogen-bond donors (Lipinski definition) is 1. The number of piperidine rings is 1. The number of aromatic nitrogens is 1. The summed E-state index contributed by atoms with van der Waals surface area (Å²) in [5.74, 6) is 0.646. The largest absolute Gasteiger partial charge is 0.494 e. The molecule has 1 aliphatic heterocycles. The molecule has 1 saturated carbocycles. The number of rotatable bonds is 4. The van der Waals surface area contributed by atoms with Gasteiger partial charge in [0.05, 0.1) is 7.11 Å². The summed E-state index contributed by atoms with van der Waals surface area (Å²) in [5, 5.41) is 9.25. The van der Waals surface area contributed by atoms with E-state index < -0.39 is 5.97 Å². The summed E-state index contributed by atoms with van der Waals surface area (Å²) in [7, 11) is 1.52. The number of aromatic carboxylic acids is 1. The van der Waals surface area contributed by atoms with Gasteiger partial charge < -0.3 is 14.7 Å². The number of carboxylic acid groups (broad SMARTS) is 1. The fourth-order valence-corrected chi connectivity index (χ4v) is 4.52. The molecule has 0 spiro atoms. The predicted molar refractivity (Wildman–Crippen MR) is 105 cm³/mol. The average molecular weight is 380 g/mol. The number of methoxy groups -OCH3 is 1. The molecule has 2 aliphatic rings. The van der Waals surface area contributed by atoms with E-state index in [-0.39, 0.29) is 11.6 Å². The van der Waals surface area contributed by atoms with Gasteiger partial charge in [0.1, 0.15) is 17.1 Å². The number of ether oxygens (including phenoxy) is 1. The third-order valence-corrected chi connectivity index (χ3v) is 5.82. The molecule has 1 aliphatic carbocycles. The van der Waals surface area contributed by atoms with E-state index >= 15 is 0 Å². The van der Waals surface area contributed by atoms with Gasteiger partial charge in [-0.05, 0) is 55.4 Å². The lowest BCUT2D eigenvalue weighted by Gasteiger charge is -2.41. The van der Waals surface area contributed by atoms with Crippen LogP contribution in [0.15, 0.2) is 36.4 Å². The summed E-state index contributed by atoms with van der Waals surface area (Å²) in [6.07, 6.45) is 4.94. The molecule has 2 heterocycles. The topological polar surface area (TPSA) is 79.7 Å². The molecule has 146 valence electrons. The van der Waals surface area contributed by atoms with Crippen molar-refractivity contribution < 1.29 is 19.4 Å². The molecule has 2 fully saturated rings. The number of carbonyl (C=O) groups is 2. The second-order valence-electron chi connectivity index (χ2n) is 7.74. The summed E-state index contributed by atoms with van der Waals surface area (Å²) in [5.41, 5.74) is 1.63. The quantitative estimate of drug-likeness (QED) is 0.874. The van der Waals surface area contributed by atoms with Gasteiger partial charge in [-0.1, -0.05) is 18.6 Å². The first-order valence-corrected chi connectivity index (χ1v) is 9.73. The highest BCUT2D eigenvalue weighted by molar-refractivity contribution is 5.96. The number of benzene rings is 1. The van der Waals surface area contributed by atoms with Gasteiger partial charge in [0.15, 0.2) is 0 Å². The predicted octanol–water partition coefficient (Wildman–Crippen LogP) is 3.72. The van der Waals surface area contributed by atoms with Gasteiger partial charge >= 0.3 is 5.97 Å². The molecule has 0 radical (unpaired) electrons. The highest BCUT2D eigenvalue weighted by Crippen LogP contribution is 2.35. The van der Waals surface area contributed by atoms with E-state index in [1.807, 2.05) is 23.1 Å². The van der Waals surface area contributed by atoms with Crippen LogP contribution in [-0.4, -0.2) is 47.1 Å². The van der Waals surface area contributed by atoms with Gasteiger partial charge in [-0.25, -0.2) is 9.78 Å². The number of likely N-dealkylation sites (tertiary alicyclic amines) is 1. The highest BCUT2D eigenvalue weighted by atomic mass is 16.5. The molecule has 2 aromatic rings. The lowest BCUT2D eigenvalue weighted by Crippen LogP contribution is -2.45. The maximum absolute atomic E-state index is 13.1. The van der Waals surface area contributed by atoms with Crippen LogP contribution in [0.4, 0.5) is 0 Å². The Morgan fingerprint density at radius 1 is 1.14 bits per heavy atom. The molecule has 1 saturated heterocycles. The number of nitrogens with zero attached hydrogens (tertiary/aromatic N) is 2. The fourth-order valence-electron chi connectivity index (χ4n) is 4.52. The van der Waals surface area contributed by atoms with Crippen molar-refractivity contribution in [2.75, 3.05) is 20.2 Å². The van der Waals surface area contributed by atoms with Crippen molar-refractivity contribution >= 4 is 11.9 Å². The first-order chi connectivity index (χ1) is 13.5. The van der Waals surface area contributed by atoms with Gasteiger partial charge in [-0.15, -0.1) is 0 Å². The van der Waals surface area contributed by atoms with Gasteiger partial charge in [0.25, 0.3) is 5.91 Å². The van der Waals surface area contributed by atoms with Gasteiger partial charge in [-0.3, -0.25) is 4.79 Å². The Kier molecular flexibility index (Phi) is 5.03. The molecule has 1 N–H and O–H groups in total. The Bertz CT molecular complexity index is 899. The van der Waals surface area contributed by atoms with Crippen molar-refractivity contribution in [3.63, 3.8) is 0 Å². The van der Waals surface area contributed by atoms with Crippen LogP contribution < -0.4 is 4.74 Å². The van der Waals surface area contributed by atoms with Crippen LogP contribution in [-0.2, 0) is 0 Å². The summed E-state index contributed by atoms with van der Waals surface area (Å²) in [6.45, 7) is 1.66. The molecule has 1 aromatic carbocycles. The van der Waals surface area contributed by atoms with Crippen LogP contribution in [0.2, 0.25) is 0 Å². The molecule has 6 nitrogen and oxygen atoms in total. The van der Waals surface area contributed by atoms with Crippen molar-refractivity contribution in [3.05, 3.63) is 47.7 Å². The Hall–Kier alpha value is -2.89. The van der Waals surface area contributed by atoms with Crippen molar-refractivity contribution in [1.29, 1.82) is 0 Å². The summed E-state index contributed by atoms with van der Waals surface area (Å²) in [4.78, 5) is 30.6. The lowest BCUT2D eigenvalue weighted by atomic mass is 9.78. The zero-order valence-electron chi connectivity index (χ0n) is 15.9. The summed E-state index contributed by atoms with van der Waals surface area (Å²) in [6, 6.07) is 10.2. The van der Waals surface area contributed by atoms with Crippen LogP contribution in [0, 0.1) is 11.8 Å². The van der Waals surface area contributed by atoms with E-state index in [2.05, 4.69) is 4.98 Å². The molecular formula is C22H24N2O4. The maximum Gasteiger partial charge on any atom is 0.354 e. The monoisotopic (exact) mass is 380 g/mol. The van der Waals surface area contributed by atoms with Crippen LogP contribution in [0.3, 0.4) is 0 Å². The zero-order valence-corrected chi connectivity index (χ0v) is 15.9. The van der Waals surface area contributed by atoms with Crippen molar-refractivity contribution in [1.82, 2.24) is 9.88 Å². The maximum atomic E-state index is 13.1. The number of fused-ring (bicyclic) bond motifs is 2. The van der Waals surface area contributed by atoms with Crippen LogP contribution >= 0.6 is 0 Å². The van der Waals surface area contributed by atoms with E-state index in [1.54, 1.807) is 12.1 Å². The molecule has 2 atom stereocenters. The smallest absolute Gasteiger partial charge is 0.354 e. The molecule has 0 unspecified atom stereocenters. The highest BCUT2D eigenvalue weighted by Gasteiger charge is 2.33. The minimum atomic E-state index is -1.10. The molecule has 28 heavy (non-hydrogen) atoms. The molecular weight excluding hydrogens is 356 g/mol. The zero-order chi connectivity index (χ0) is 19.7. The molecule has 6 heteroatoms. The van der Waals surface area contributed by atoms with Crippen LogP contribution in [0.5, 0.6) is 5.75 Å². The Morgan fingerprint density at radius 2 is 1.89 bits per heavy atom. The number of pyridine rings is 1. The van der Waals surface area contributed by atoms with Crippen molar-refractivity contribution in [2.24, 2.45) is 11.8 Å². The summed E-state index contributed by atoms with van der Waals surface area (Å²) < 4.78 is 5.35. The minimum Gasteiger partial charge on any atom is -0.494 e. The van der Waals surface area contributed by atoms with E-state index in [4.69, 9.17) is 4.74 Å². The number of hydrogen-bond acceptors (Lipinski definition) is 4. The first-order valence-electron chi connectivity index (χ1n) is 9.73. The Balaban J connectivity index is 1.64. The molecule has 2 bridgehead atoms. The van der Waals surface area contributed by atoms with E-state index in [0.29, 0.717) is 34.4 Å². The SMILES string of the molecule is COc1ccc(C(=O)O)nc1-c1cccc(C(=O)N2C[C@@H]3CCC[C@@H](C3)C2)c1. The second kappa shape index (κ2) is 7.62. The third kappa shape index (κ3) is 3.59. The number of carboxylic acids is 1. The summed E-state index contributed by atoms with van der Waals surface area (Å²) >= 11 is 0. The number of amides is 1. The fraction of sp³-hybridized carbons (Fsp3) is 0.409. The van der Waals surface area contributed by atoms with E-state index in [9.17, 15) is 14.7 Å². The van der Waals surface area contributed by atoms with Crippen molar-refractivity contribution in [2.45, 2.75) is 25.7 Å². The third-order valence-electron chi connectivity index (χ3n) is 5.82. The molecule has 1 amide bonds. The molecule has 4 rings (SSSR count). The standard InChI is InChI=1S/C22H24N2O4/c1-28-19-9-8-18(22(26)27)23-20(19)16-6-3-7-17(11-16)21(25)24-12-14-4-2-5-15(10-14)13-24/h3,6-9,11,14-15H,2,4-5,10,12-13H2,1H3,(H,26,27)/t14-,15+. The van der Waals surface area contributed by atoms with Gasteiger partial charge in [0, 0.05) is 24.2 Å². The van der Waals surface area contributed by atoms with Crippen LogP contribution in [0.25, 0.3) is 11.3 Å². The molecule has 1 aromatic heterocycles.